The van der Waals surface area contributed by atoms with E-state index in [0.717, 1.165) is 18.8 Å². The van der Waals surface area contributed by atoms with Gasteiger partial charge in [-0.15, -0.1) is 0 Å². The summed E-state index contributed by atoms with van der Waals surface area (Å²) in [6.07, 6.45) is -0.124. The molecular formula is C15H22FNOS. The van der Waals surface area contributed by atoms with E-state index >= 15 is 0 Å². The fourth-order valence-electron chi connectivity index (χ4n) is 2.50. The molecule has 2 rings (SSSR count). The first-order valence-corrected chi connectivity index (χ1v) is 7.92. The topological polar surface area (TPSA) is 23.5 Å². The van der Waals surface area contributed by atoms with Crippen molar-refractivity contribution in [3.8, 4) is 0 Å². The lowest BCUT2D eigenvalue weighted by molar-refractivity contribution is 0.125. The number of rotatable bonds is 4. The highest BCUT2D eigenvalue weighted by atomic mass is 32.2. The normalized spacial score (nSPS) is 26.3. The molecule has 1 heterocycles. The molecule has 1 aliphatic heterocycles. The standard InChI is InChI=1S/C15H22FNOS/c1-11-12(2)19-10-9-17(11)8-7-15(18)13-5-3-4-6-14(13)16/h3-6,11-12,15,18H,7-10H2,1-2H3. The first-order chi connectivity index (χ1) is 9.09. The zero-order valence-corrected chi connectivity index (χ0v) is 12.4. The maximum atomic E-state index is 13.6. The van der Waals surface area contributed by atoms with Crippen molar-refractivity contribution in [2.75, 3.05) is 18.8 Å². The number of aliphatic hydroxyl groups excluding tert-OH is 1. The summed E-state index contributed by atoms with van der Waals surface area (Å²) in [6.45, 7) is 6.35. The second-order valence-corrected chi connectivity index (χ2v) is 6.66. The number of hydrogen-bond acceptors (Lipinski definition) is 3. The molecular weight excluding hydrogens is 261 g/mol. The van der Waals surface area contributed by atoms with E-state index in [1.54, 1.807) is 18.2 Å². The van der Waals surface area contributed by atoms with Gasteiger partial charge in [0.2, 0.25) is 0 Å². The predicted molar refractivity (Wildman–Crippen MR) is 78.9 cm³/mol. The van der Waals surface area contributed by atoms with Gasteiger partial charge in [-0.05, 0) is 19.4 Å². The molecule has 0 aromatic heterocycles. The average Bonchev–Trinajstić information content (AvgIpc) is 2.40. The van der Waals surface area contributed by atoms with Gasteiger partial charge in [0, 0.05) is 35.7 Å². The quantitative estimate of drug-likeness (QED) is 0.918. The number of halogens is 1. The van der Waals surface area contributed by atoms with Crippen LogP contribution in [0.3, 0.4) is 0 Å². The summed E-state index contributed by atoms with van der Waals surface area (Å²) in [5.74, 6) is 0.826. The lowest BCUT2D eigenvalue weighted by Crippen LogP contribution is -2.45. The SMILES string of the molecule is CC1SCCN(CCC(O)c2ccccc2F)C1C. The largest absolute Gasteiger partial charge is 0.388 e. The Kier molecular flexibility index (Phi) is 5.25. The first kappa shape index (κ1) is 14.8. The maximum Gasteiger partial charge on any atom is 0.128 e. The second kappa shape index (κ2) is 6.73. The fourth-order valence-corrected chi connectivity index (χ4v) is 3.66. The van der Waals surface area contributed by atoms with Gasteiger partial charge in [0.15, 0.2) is 0 Å². The van der Waals surface area contributed by atoms with Crippen LogP contribution >= 0.6 is 11.8 Å². The molecule has 0 spiro atoms. The van der Waals surface area contributed by atoms with Crippen molar-refractivity contribution in [2.24, 2.45) is 0 Å². The van der Waals surface area contributed by atoms with Crippen molar-refractivity contribution < 1.29 is 9.50 Å². The predicted octanol–water partition coefficient (Wildman–Crippen LogP) is 3.08. The molecule has 2 nitrogen and oxygen atoms in total. The van der Waals surface area contributed by atoms with E-state index in [1.807, 2.05) is 11.8 Å². The van der Waals surface area contributed by atoms with Gasteiger partial charge in [-0.2, -0.15) is 11.8 Å². The fraction of sp³-hybridized carbons (Fsp3) is 0.600. The van der Waals surface area contributed by atoms with E-state index in [1.165, 1.54) is 6.07 Å². The summed E-state index contributed by atoms with van der Waals surface area (Å²) in [5.41, 5.74) is 0.412. The highest BCUT2D eigenvalue weighted by Crippen LogP contribution is 2.26. The van der Waals surface area contributed by atoms with Gasteiger partial charge >= 0.3 is 0 Å². The van der Waals surface area contributed by atoms with Gasteiger partial charge in [-0.3, -0.25) is 4.90 Å². The first-order valence-electron chi connectivity index (χ1n) is 6.87. The van der Waals surface area contributed by atoms with Crippen LogP contribution in [0.15, 0.2) is 24.3 Å². The van der Waals surface area contributed by atoms with Crippen LogP contribution in [0.1, 0.15) is 31.9 Å². The van der Waals surface area contributed by atoms with Crippen molar-refractivity contribution in [3.05, 3.63) is 35.6 Å². The minimum absolute atomic E-state index is 0.314. The van der Waals surface area contributed by atoms with E-state index in [9.17, 15) is 9.50 Å². The molecule has 0 aliphatic carbocycles. The van der Waals surface area contributed by atoms with Crippen molar-refractivity contribution in [1.82, 2.24) is 4.90 Å². The Morgan fingerprint density at radius 3 is 2.89 bits per heavy atom. The van der Waals surface area contributed by atoms with Crippen LogP contribution in [0, 0.1) is 5.82 Å². The Labute approximate surface area is 119 Å². The molecule has 0 amide bonds. The van der Waals surface area contributed by atoms with Gasteiger partial charge in [-0.1, -0.05) is 25.1 Å². The van der Waals surface area contributed by atoms with Crippen LogP contribution < -0.4 is 0 Å². The van der Waals surface area contributed by atoms with E-state index in [0.29, 0.717) is 23.3 Å². The number of thioether (sulfide) groups is 1. The molecule has 0 saturated carbocycles. The smallest absolute Gasteiger partial charge is 0.128 e. The van der Waals surface area contributed by atoms with Gasteiger partial charge in [0.05, 0.1) is 6.10 Å². The van der Waals surface area contributed by atoms with Crippen LogP contribution in [0.2, 0.25) is 0 Å². The molecule has 3 atom stereocenters. The summed E-state index contributed by atoms with van der Waals surface area (Å²) in [6, 6.07) is 7.01. The Morgan fingerprint density at radius 2 is 2.16 bits per heavy atom. The third kappa shape index (κ3) is 3.71. The minimum atomic E-state index is -0.710. The summed E-state index contributed by atoms with van der Waals surface area (Å²) < 4.78 is 13.6. The molecule has 106 valence electrons. The van der Waals surface area contributed by atoms with Gasteiger partial charge in [0.1, 0.15) is 5.82 Å². The highest BCUT2D eigenvalue weighted by Gasteiger charge is 2.25. The average molecular weight is 283 g/mol. The lowest BCUT2D eigenvalue weighted by Gasteiger charge is -2.37. The number of nitrogens with zero attached hydrogens (tertiary/aromatic N) is 1. The molecule has 1 fully saturated rings. The molecule has 0 radical (unpaired) electrons. The molecule has 3 unspecified atom stereocenters. The Hall–Kier alpha value is -0.580. The molecule has 1 aromatic carbocycles. The summed E-state index contributed by atoms with van der Waals surface area (Å²) in [5, 5.41) is 10.7. The Bertz CT molecular complexity index is 415. The van der Waals surface area contributed by atoms with Crippen molar-refractivity contribution >= 4 is 11.8 Å². The third-order valence-electron chi connectivity index (χ3n) is 3.97. The monoisotopic (exact) mass is 283 g/mol. The Morgan fingerprint density at radius 1 is 1.42 bits per heavy atom. The van der Waals surface area contributed by atoms with Crippen LogP contribution in [0.4, 0.5) is 4.39 Å². The molecule has 4 heteroatoms. The highest BCUT2D eigenvalue weighted by molar-refractivity contribution is 8.00. The van der Waals surface area contributed by atoms with Crippen LogP contribution in [0.25, 0.3) is 0 Å². The van der Waals surface area contributed by atoms with E-state index in [2.05, 4.69) is 18.7 Å². The lowest BCUT2D eigenvalue weighted by atomic mass is 10.1. The molecule has 1 saturated heterocycles. The maximum absolute atomic E-state index is 13.6. The van der Waals surface area contributed by atoms with Crippen molar-refractivity contribution in [1.29, 1.82) is 0 Å². The van der Waals surface area contributed by atoms with Crippen LogP contribution in [0.5, 0.6) is 0 Å². The number of hydrogen-bond donors (Lipinski definition) is 1. The molecule has 1 aliphatic rings. The van der Waals surface area contributed by atoms with Gasteiger partial charge in [-0.25, -0.2) is 4.39 Å². The molecule has 1 N–H and O–H groups in total. The van der Waals surface area contributed by atoms with E-state index in [-0.39, 0.29) is 5.82 Å². The molecule has 0 bridgehead atoms. The summed E-state index contributed by atoms with van der Waals surface area (Å²) in [4.78, 5) is 2.39. The Balaban J connectivity index is 1.90. The zero-order valence-electron chi connectivity index (χ0n) is 11.6. The number of benzene rings is 1. The summed E-state index contributed by atoms with van der Waals surface area (Å²) >= 11 is 2.00. The van der Waals surface area contributed by atoms with E-state index < -0.39 is 6.10 Å². The van der Waals surface area contributed by atoms with Gasteiger partial charge in [0.25, 0.3) is 0 Å². The summed E-state index contributed by atoms with van der Waals surface area (Å²) in [7, 11) is 0. The van der Waals surface area contributed by atoms with Crippen molar-refractivity contribution in [2.45, 2.75) is 37.7 Å². The zero-order chi connectivity index (χ0) is 13.8. The second-order valence-electron chi connectivity index (χ2n) is 5.18. The molecule has 1 aromatic rings. The van der Waals surface area contributed by atoms with E-state index in [4.69, 9.17) is 0 Å². The molecule has 19 heavy (non-hydrogen) atoms. The van der Waals surface area contributed by atoms with Crippen molar-refractivity contribution in [3.63, 3.8) is 0 Å². The van der Waals surface area contributed by atoms with Crippen LogP contribution in [-0.4, -0.2) is 40.1 Å². The third-order valence-corrected chi connectivity index (χ3v) is 5.31. The van der Waals surface area contributed by atoms with Crippen LogP contribution in [-0.2, 0) is 0 Å². The van der Waals surface area contributed by atoms with Gasteiger partial charge < -0.3 is 5.11 Å². The minimum Gasteiger partial charge on any atom is -0.388 e. The number of aliphatic hydroxyl groups is 1.